The van der Waals surface area contributed by atoms with Crippen LogP contribution in [0.1, 0.15) is 43.0 Å². The Hall–Kier alpha value is -1.59. The molecule has 35 heavy (non-hydrogen) atoms. The van der Waals surface area contributed by atoms with Gasteiger partial charge in [0.1, 0.15) is 11.6 Å². The van der Waals surface area contributed by atoms with Crippen LogP contribution in [0, 0.1) is 17.6 Å². The van der Waals surface area contributed by atoms with Gasteiger partial charge in [-0.3, -0.25) is 19.9 Å². The van der Waals surface area contributed by atoms with E-state index in [0.717, 1.165) is 11.8 Å². The Morgan fingerprint density at radius 1 is 1.17 bits per heavy atom. The molecule has 0 aliphatic heterocycles. The summed E-state index contributed by atoms with van der Waals surface area (Å²) in [5, 5.41) is 18.7. The van der Waals surface area contributed by atoms with Crippen LogP contribution in [-0.2, 0) is 16.1 Å². The Balaban J connectivity index is 0.00000578. The fraction of sp³-hybridized carbons (Fsp3) is 0.478. The fourth-order valence-corrected chi connectivity index (χ4v) is 3.87. The fourth-order valence-electron chi connectivity index (χ4n) is 3.66. The summed E-state index contributed by atoms with van der Waals surface area (Å²) in [4.78, 5) is 18.2. The zero-order valence-electron chi connectivity index (χ0n) is 19.3. The molecule has 1 heterocycles. The Morgan fingerprint density at radius 2 is 1.86 bits per heavy atom. The molecular weight excluding hydrogens is 527 g/mol. The standard InChI is InChI=1S/C23H30ClF2N3O4.2ClH/c1-33-22(16-5-7-18(25)8-6-16)12-17(23(31)28-32)4-2-3-9-29(10-11-30)15-21-20(24)13-19(26)14-27-21;;/h5-8,13-14,17,22,30,32H,2-4,9-12,15H2,1H3,(H,28,31);2*1H/t17-,22+;;/m0../s1. The van der Waals surface area contributed by atoms with Crippen molar-refractivity contribution in [1.82, 2.24) is 15.4 Å². The molecule has 1 aromatic carbocycles. The molecule has 12 heteroatoms. The number of methoxy groups -OCH3 is 1. The number of benzene rings is 1. The van der Waals surface area contributed by atoms with Gasteiger partial charge in [-0.05, 0) is 49.6 Å². The molecule has 0 saturated heterocycles. The van der Waals surface area contributed by atoms with Crippen molar-refractivity contribution in [3.8, 4) is 0 Å². The largest absolute Gasteiger partial charge is 0.395 e. The smallest absolute Gasteiger partial charge is 0.246 e. The predicted octanol–water partition coefficient (Wildman–Crippen LogP) is 4.72. The van der Waals surface area contributed by atoms with Gasteiger partial charge in [0.25, 0.3) is 0 Å². The molecule has 0 aliphatic carbocycles. The number of aromatic nitrogens is 1. The van der Waals surface area contributed by atoms with Crippen molar-refractivity contribution >= 4 is 42.3 Å². The monoisotopic (exact) mass is 557 g/mol. The molecule has 0 spiro atoms. The molecule has 0 fully saturated rings. The third kappa shape index (κ3) is 11.3. The highest BCUT2D eigenvalue weighted by atomic mass is 35.5. The summed E-state index contributed by atoms with van der Waals surface area (Å²) in [6.45, 7) is 1.30. The molecule has 3 N–H and O–H groups in total. The second kappa shape index (κ2) is 17.8. The third-order valence-corrected chi connectivity index (χ3v) is 5.78. The molecular formula is C23H32Cl3F2N3O4. The summed E-state index contributed by atoms with van der Waals surface area (Å²) in [6, 6.07) is 7.09. The van der Waals surface area contributed by atoms with Gasteiger partial charge in [0.2, 0.25) is 5.91 Å². The van der Waals surface area contributed by atoms with Gasteiger partial charge in [0.15, 0.2) is 0 Å². The molecule has 198 valence electrons. The van der Waals surface area contributed by atoms with E-state index >= 15 is 0 Å². The second-order valence-corrected chi connectivity index (χ2v) is 8.17. The van der Waals surface area contributed by atoms with Crippen LogP contribution < -0.4 is 5.48 Å². The lowest BCUT2D eigenvalue weighted by Crippen LogP contribution is -2.30. The van der Waals surface area contributed by atoms with E-state index in [1.54, 1.807) is 17.6 Å². The number of hydrogen-bond acceptors (Lipinski definition) is 6. The number of nitrogens with one attached hydrogen (secondary N) is 1. The number of pyridine rings is 1. The maximum absolute atomic E-state index is 13.2. The predicted molar refractivity (Wildman–Crippen MR) is 134 cm³/mol. The Labute approximate surface area is 221 Å². The first-order chi connectivity index (χ1) is 15.9. The maximum atomic E-state index is 13.2. The highest BCUT2D eigenvalue weighted by Crippen LogP contribution is 2.28. The van der Waals surface area contributed by atoms with Gasteiger partial charge in [-0.25, -0.2) is 14.3 Å². The number of nitrogens with zero attached hydrogens (tertiary/aromatic N) is 2. The number of amides is 1. The van der Waals surface area contributed by atoms with E-state index in [9.17, 15) is 18.7 Å². The maximum Gasteiger partial charge on any atom is 0.246 e. The Kier molecular flexibility index (Phi) is 17.0. The highest BCUT2D eigenvalue weighted by Gasteiger charge is 2.24. The number of rotatable bonds is 14. The van der Waals surface area contributed by atoms with Crippen molar-refractivity contribution in [1.29, 1.82) is 0 Å². The second-order valence-electron chi connectivity index (χ2n) is 7.76. The van der Waals surface area contributed by atoms with Crippen LogP contribution in [-0.4, -0.2) is 52.9 Å². The van der Waals surface area contributed by atoms with Crippen LogP contribution in [0.5, 0.6) is 0 Å². The summed E-state index contributed by atoms with van der Waals surface area (Å²) < 4.78 is 31.9. The van der Waals surface area contributed by atoms with E-state index < -0.39 is 23.7 Å². The zero-order valence-corrected chi connectivity index (χ0v) is 21.7. The van der Waals surface area contributed by atoms with Crippen molar-refractivity contribution in [3.05, 3.63) is 64.4 Å². The molecule has 1 amide bonds. The van der Waals surface area contributed by atoms with Crippen molar-refractivity contribution < 1.29 is 28.6 Å². The average Bonchev–Trinajstić information content (AvgIpc) is 2.80. The number of unbranched alkanes of at least 4 members (excludes halogenated alkanes) is 1. The van der Waals surface area contributed by atoms with Gasteiger partial charge in [0, 0.05) is 26.1 Å². The van der Waals surface area contributed by atoms with E-state index in [1.165, 1.54) is 25.3 Å². The van der Waals surface area contributed by atoms with Gasteiger partial charge >= 0.3 is 0 Å². The minimum Gasteiger partial charge on any atom is -0.395 e. The van der Waals surface area contributed by atoms with Gasteiger partial charge in [-0.15, -0.1) is 24.8 Å². The van der Waals surface area contributed by atoms with Crippen molar-refractivity contribution in [2.24, 2.45) is 5.92 Å². The van der Waals surface area contributed by atoms with E-state index in [2.05, 4.69) is 4.98 Å². The zero-order chi connectivity index (χ0) is 24.2. The van der Waals surface area contributed by atoms with Crippen molar-refractivity contribution in [3.63, 3.8) is 0 Å². The van der Waals surface area contributed by atoms with Crippen molar-refractivity contribution in [2.45, 2.75) is 38.3 Å². The first kappa shape index (κ1) is 33.4. The lowest BCUT2D eigenvalue weighted by molar-refractivity contribution is -0.135. The molecule has 2 aromatic rings. The molecule has 7 nitrogen and oxygen atoms in total. The molecule has 0 radical (unpaired) electrons. The molecule has 1 aromatic heterocycles. The van der Waals surface area contributed by atoms with E-state index in [1.807, 2.05) is 4.90 Å². The normalized spacial score (nSPS) is 12.4. The molecule has 2 rings (SSSR count). The van der Waals surface area contributed by atoms with Crippen LogP contribution in [0.2, 0.25) is 5.02 Å². The van der Waals surface area contributed by atoms with Gasteiger partial charge < -0.3 is 9.84 Å². The SMILES string of the molecule is CO[C@H](C[C@H](CCCCN(CCO)Cc1ncc(F)cc1Cl)C(=O)NO)c1ccc(F)cc1.Cl.Cl. The van der Waals surface area contributed by atoms with Gasteiger partial charge in [-0.1, -0.05) is 30.2 Å². The molecule has 2 atom stereocenters. The Bertz CT molecular complexity index is 882. The van der Waals surface area contributed by atoms with Crippen LogP contribution in [0.15, 0.2) is 36.5 Å². The van der Waals surface area contributed by atoms with Gasteiger partial charge in [0.05, 0.1) is 29.6 Å². The number of hydrogen-bond donors (Lipinski definition) is 3. The highest BCUT2D eigenvalue weighted by molar-refractivity contribution is 6.31. The molecule has 0 saturated carbocycles. The third-order valence-electron chi connectivity index (χ3n) is 5.46. The number of ether oxygens (including phenoxy) is 1. The minimum atomic E-state index is -0.513. The average molecular weight is 559 g/mol. The number of carbonyl (C=O) groups is 1. The van der Waals surface area contributed by atoms with E-state index in [0.29, 0.717) is 51.0 Å². The number of hydroxylamine groups is 1. The summed E-state index contributed by atoms with van der Waals surface area (Å²) in [6.07, 6.45) is 2.88. The van der Waals surface area contributed by atoms with Crippen LogP contribution >= 0.6 is 36.4 Å². The first-order valence-corrected chi connectivity index (χ1v) is 11.1. The van der Waals surface area contributed by atoms with Gasteiger partial charge in [-0.2, -0.15) is 0 Å². The number of halogens is 5. The topological polar surface area (TPSA) is 94.9 Å². The summed E-state index contributed by atoms with van der Waals surface area (Å²) in [7, 11) is 1.52. The van der Waals surface area contributed by atoms with E-state index in [4.69, 9.17) is 21.5 Å². The summed E-state index contributed by atoms with van der Waals surface area (Å²) in [5.74, 6) is -1.89. The van der Waals surface area contributed by atoms with Crippen LogP contribution in [0.4, 0.5) is 8.78 Å². The van der Waals surface area contributed by atoms with Crippen LogP contribution in [0.25, 0.3) is 0 Å². The van der Waals surface area contributed by atoms with Crippen molar-refractivity contribution in [2.75, 3.05) is 26.8 Å². The lowest BCUT2D eigenvalue weighted by Gasteiger charge is -2.23. The summed E-state index contributed by atoms with van der Waals surface area (Å²) in [5.41, 5.74) is 2.98. The number of aliphatic hydroxyl groups excluding tert-OH is 1. The molecule has 0 aliphatic rings. The molecule has 0 bridgehead atoms. The van der Waals surface area contributed by atoms with Crippen LogP contribution in [0.3, 0.4) is 0 Å². The first-order valence-electron chi connectivity index (χ1n) is 10.7. The lowest BCUT2D eigenvalue weighted by atomic mass is 9.91. The Morgan fingerprint density at radius 3 is 2.43 bits per heavy atom. The van der Waals surface area contributed by atoms with E-state index in [-0.39, 0.29) is 42.3 Å². The number of carbonyl (C=O) groups excluding carboxylic acids is 1. The summed E-state index contributed by atoms with van der Waals surface area (Å²) >= 11 is 6.06. The molecule has 0 unspecified atom stereocenters. The number of aliphatic hydroxyl groups is 1. The minimum absolute atomic E-state index is 0. The quantitative estimate of drug-likeness (QED) is 0.176.